The zero-order chi connectivity index (χ0) is 18.4. The van der Waals surface area contributed by atoms with E-state index in [-0.39, 0.29) is 10.7 Å². The number of urea groups is 1. The zero-order valence-corrected chi connectivity index (χ0v) is 14.6. The normalized spacial score (nSPS) is 19.5. The summed E-state index contributed by atoms with van der Waals surface area (Å²) in [5.41, 5.74) is 0.613. The number of nitrogens with zero attached hydrogens (tertiary/aromatic N) is 2. The summed E-state index contributed by atoms with van der Waals surface area (Å²) < 4.78 is 1.42. The minimum absolute atomic E-state index is 0.237. The first-order valence-electron chi connectivity index (χ1n) is 7.47. The van der Waals surface area contributed by atoms with E-state index in [9.17, 15) is 14.4 Å². The van der Waals surface area contributed by atoms with E-state index < -0.39 is 23.4 Å². The molecule has 8 nitrogen and oxygen atoms in total. The number of hydrogen-bond acceptors (Lipinski definition) is 4. The fourth-order valence-corrected chi connectivity index (χ4v) is 3.00. The molecule has 1 saturated heterocycles. The first-order chi connectivity index (χ1) is 11.7. The van der Waals surface area contributed by atoms with E-state index in [1.54, 1.807) is 45.2 Å². The summed E-state index contributed by atoms with van der Waals surface area (Å²) in [6.45, 7) is 3.28. The number of imide groups is 1. The van der Waals surface area contributed by atoms with Crippen molar-refractivity contribution < 1.29 is 14.4 Å². The Hall–Kier alpha value is -2.87. The number of anilines is 1. The van der Waals surface area contributed by atoms with Gasteiger partial charge in [0.05, 0.1) is 11.3 Å². The van der Waals surface area contributed by atoms with Crippen LogP contribution >= 0.6 is 11.6 Å². The first kappa shape index (κ1) is 17.0. The lowest BCUT2D eigenvalue weighted by atomic mass is 9.92. The molecule has 0 bridgehead atoms. The molecule has 1 atom stereocenters. The maximum atomic E-state index is 12.5. The summed E-state index contributed by atoms with van der Waals surface area (Å²) in [5, 5.41) is 11.9. The number of nitrogens with one attached hydrogen (secondary N) is 3. The topological polar surface area (TPSA) is 105 Å². The summed E-state index contributed by atoms with van der Waals surface area (Å²) in [4.78, 5) is 36.0. The molecule has 2 aromatic rings. The van der Waals surface area contributed by atoms with Crippen LogP contribution in [0.3, 0.4) is 0 Å². The lowest BCUT2D eigenvalue weighted by molar-refractivity contribution is -0.123. The van der Waals surface area contributed by atoms with Crippen molar-refractivity contribution in [2.24, 2.45) is 7.05 Å². The molecule has 1 aromatic carbocycles. The van der Waals surface area contributed by atoms with Gasteiger partial charge >= 0.3 is 6.03 Å². The summed E-state index contributed by atoms with van der Waals surface area (Å²) in [6.07, 6.45) is 0. The molecule has 1 aliphatic heterocycles. The summed E-state index contributed by atoms with van der Waals surface area (Å²) in [5.74, 6) is -0.857. The van der Waals surface area contributed by atoms with Crippen LogP contribution in [0, 0.1) is 6.92 Å². The fourth-order valence-electron chi connectivity index (χ4n) is 2.74. The Labute approximate surface area is 148 Å². The Morgan fingerprint density at radius 3 is 2.64 bits per heavy atom. The minimum atomic E-state index is -1.19. The fraction of sp³-hybridized carbons (Fsp3) is 0.250. The minimum Gasteiger partial charge on any atom is -0.322 e. The van der Waals surface area contributed by atoms with Crippen LogP contribution < -0.4 is 16.0 Å². The van der Waals surface area contributed by atoms with Gasteiger partial charge in [-0.25, -0.2) is 4.79 Å². The van der Waals surface area contributed by atoms with Crippen molar-refractivity contribution >= 4 is 35.1 Å². The van der Waals surface area contributed by atoms with Gasteiger partial charge in [0.25, 0.3) is 11.8 Å². The van der Waals surface area contributed by atoms with Crippen LogP contribution in [0.4, 0.5) is 10.5 Å². The van der Waals surface area contributed by atoms with E-state index in [4.69, 9.17) is 11.6 Å². The van der Waals surface area contributed by atoms with E-state index in [0.717, 1.165) is 0 Å². The number of benzene rings is 1. The second-order valence-electron chi connectivity index (χ2n) is 5.94. The van der Waals surface area contributed by atoms with Crippen LogP contribution in [0.1, 0.15) is 28.5 Å². The van der Waals surface area contributed by atoms with Crippen molar-refractivity contribution in [3.8, 4) is 0 Å². The summed E-state index contributed by atoms with van der Waals surface area (Å²) in [7, 11) is 1.65. The van der Waals surface area contributed by atoms with Gasteiger partial charge in [-0.3, -0.25) is 19.6 Å². The molecular formula is C16H16ClN5O3. The quantitative estimate of drug-likeness (QED) is 0.723. The van der Waals surface area contributed by atoms with E-state index in [1.807, 2.05) is 0 Å². The molecule has 0 saturated carbocycles. The van der Waals surface area contributed by atoms with Crippen molar-refractivity contribution in [1.82, 2.24) is 20.4 Å². The van der Waals surface area contributed by atoms with E-state index >= 15 is 0 Å². The second kappa shape index (κ2) is 5.89. The Balaban J connectivity index is 1.89. The molecule has 1 aromatic heterocycles. The summed E-state index contributed by atoms with van der Waals surface area (Å²) in [6, 6.07) is 6.14. The molecule has 3 rings (SSSR count). The maximum absolute atomic E-state index is 12.5. The predicted molar refractivity (Wildman–Crippen MR) is 91.4 cm³/mol. The highest BCUT2D eigenvalue weighted by molar-refractivity contribution is 6.33. The van der Waals surface area contributed by atoms with Crippen LogP contribution in [-0.2, 0) is 17.4 Å². The Morgan fingerprint density at radius 2 is 2.08 bits per heavy atom. The summed E-state index contributed by atoms with van der Waals surface area (Å²) >= 11 is 6.11. The molecule has 1 aliphatic rings. The van der Waals surface area contributed by atoms with Gasteiger partial charge in [0.15, 0.2) is 0 Å². The van der Waals surface area contributed by atoms with Crippen molar-refractivity contribution in [2.45, 2.75) is 19.4 Å². The molecule has 0 aliphatic carbocycles. The third-order valence-electron chi connectivity index (χ3n) is 4.12. The van der Waals surface area contributed by atoms with Crippen LogP contribution in [0.2, 0.25) is 5.15 Å². The molecule has 3 N–H and O–H groups in total. The van der Waals surface area contributed by atoms with Gasteiger partial charge in [-0.05, 0) is 31.5 Å². The second-order valence-corrected chi connectivity index (χ2v) is 6.30. The molecule has 0 radical (unpaired) electrons. The lowest BCUT2D eigenvalue weighted by Gasteiger charge is -2.21. The van der Waals surface area contributed by atoms with Gasteiger partial charge in [0, 0.05) is 12.7 Å². The van der Waals surface area contributed by atoms with Crippen LogP contribution in [-0.4, -0.2) is 27.6 Å². The predicted octanol–water partition coefficient (Wildman–Crippen LogP) is 1.69. The third kappa shape index (κ3) is 2.85. The largest absolute Gasteiger partial charge is 0.322 e. The first-order valence-corrected chi connectivity index (χ1v) is 7.85. The monoisotopic (exact) mass is 361 g/mol. The number of aryl methyl sites for hydroxylation is 2. The number of amides is 4. The number of carbonyl (C=O) groups excluding carboxylic acids is 3. The highest BCUT2D eigenvalue weighted by Gasteiger charge is 2.43. The van der Waals surface area contributed by atoms with Gasteiger partial charge in [0.1, 0.15) is 10.7 Å². The van der Waals surface area contributed by atoms with Crippen LogP contribution in [0.5, 0.6) is 0 Å². The van der Waals surface area contributed by atoms with Gasteiger partial charge < -0.3 is 10.6 Å². The number of aromatic nitrogens is 2. The van der Waals surface area contributed by atoms with Crippen LogP contribution in [0.15, 0.2) is 24.3 Å². The van der Waals surface area contributed by atoms with E-state index in [2.05, 4.69) is 21.0 Å². The van der Waals surface area contributed by atoms with Crippen molar-refractivity contribution in [1.29, 1.82) is 0 Å². The molecule has 2 heterocycles. The smallest absolute Gasteiger partial charge is 0.322 e. The number of rotatable bonds is 3. The molecule has 25 heavy (non-hydrogen) atoms. The third-order valence-corrected chi connectivity index (χ3v) is 4.56. The van der Waals surface area contributed by atoms with Gasteiger partial charge in [-0.15, -0.1) is 0 Å². The average molecular weight is 362 g/mol. The number of hydrogen-bond donors (Lipinski definition) is 3. The van der Waals surface area contributed by atoms with Gasteiger partial charge in [-0.1, -0.05) is 23.7 Å². The van der Waals surface area contributed by atoms with Crippen LogP contribution in [0.25, 0.3) is 0 Å². The SMILES string of the molecule is Cc1nn(C)c(Cl)c1C(=O)Nc1cccc([C@]2(C)NC(=O)NC2=O)c1. The van der Waals surface area contributed by atoms with Crippen molar-refractivity contribution in [2.75, 3.05) is 5.32 Å². The lowest BCUT2D eigenvalue weighted by Crippen LogP contribution is -2.40. The molecule has 9 heteroatoms. The van der Waals surface area contributed by atoms with Gasteiger partial charge in [0.2, 0.25) is 0 Å². The highest BCUT2D eigenvalue weighted by Crippen LogP contribution is 2.27. The highest BCUT2D eigenvalue weighted by atomic mass is 35.5. The number of carbonyl (C=O) groups is 3. The standard InChI is InChI=1S/C16H16ClN5O3/c1-8-11(12(17)22(3)21-8)13(23)18-10-6-4-5-9(7-10)16(2)14(24)19-15(25)20-16/h4-7H,1-3H3,(H,18,23)(H2,19,20,24,25)/t16-/m0/s1. The molecule has 1 fully saturated rings. The Bertz CT molecular complexity index is 907. The molecule has 4 amide bonds. The van der Waals surface area contributed by atoms with E-state index in [0.29, 0.717) is 16.9 Å². The van der Waals surface area contributed by atoms with Crippen molar-refractivity contribution in [3.05, 3.63) is 46.2 Å². The molecule has 0 spiro atoms. The average Bonchev–Trinajstić information content (AvgIpc) is 2.95. The molecule has 0 unspecified atom stereocenters. The maximum Gasteiger partial charge on any atom is 0.322 e. The van der Waals surface area contributed by atoms with Gasteiger partial charge in [-0.2, -0.15) is 5.10 Å². The zero-order valence-electron chi connectivity index (χ0n) is 13.8. The Kier molecular flexibility index (Phi) is 4.00. The van der Waals surface area contributed by atoms with Crippen molar-refractivity contribution in [3.63, 3.8) is 0 Å². The van der Waals surface area contributed by atoms with E-state index in [1.165, 1.54) is 4.68 Å². The molecular weight excluding hydrogens is 346 g/mol. The number of halogens is 1. The molecule has 130 valence electrons. The Morgan fingerprint density at radius 1 is 1.36 bits per heavy atom.